The van der Waals surface area contributed by atoms with E-state index in [4.69, 9.17) is 10.2 Å². The zero-order valence-corrected chi connectivity index (χ0v) is 9.96. The predicted octanol–water partition coefficient (Wildman–Crippen LogP) is 0.467. The van der Waals surface area contributed by atoms with Crippen molar-refractivity contribution >= 4 is 17.8 Å². The van der Waals surface area contributed by atoms with Gasteiger partial charge in [-0.25, -0.2) is 4.79 Å². The highest BCUT2D eigenvalue weighted by molar-refractivity contribution is 5.89. The van der Waals surface area contributed by atoms with Crippen molar-refractivity contribution in [2.75, 3.05) is 0 Å². The molecule has 2 fully saturated rings. The van der Waals surface area contributed by atoms with Crippen molar-refractivity contribution < 1.29 is 24.6 Å². The Kier molecular flexibility index (Phi) is 3.54. The van der Waals surface area contributed by atoms with Crippen molar-refractivity contribution in [1.82, 2.24) is 5.32 Å². The third kappa shape index (κ3) is 2.63. The van der Waals surface area contributed by atoms with Crippen LogP contribution in [-0.4, -0.2) is 34.1 Å². The Bertz CT molecular complexity index is 369. The first-order valence-electron chi connectivity index (χ1n) is 6.25. The maximum Gasteiger partial charge on any atom is 0.326 e. The van der Waals surface area contributed by atoms with Crippen LogP contribution in [0.4, 0.5) is 0 Å². The summed E-state index contributed by atoms with van der Waals surface area (Å²) in [4.78, 5) is 33.3. The van der Waals surface area contributed by atoms with Crippen LogP contribution < -0.4 is 5.32 Å². The molecule has 0 saturated heterocycles. The Morgan fingerprint density at radius 1 is 1.11 bits per heavy atom. The molecule has 3 atom stereocenters. The number of fused-ring (bicyclic) bond motifs is 1. The minimum absolute atomic E-state index is 0.0943. The van der Waals surface area contributed by atoms with E-state index in [1.54, 1.807) is 0 Å². The van der Waals surface area contributed by atoms with Crippen LogP contribution in [0.5, 0.6) is 0 Å². The maximum atomic E-state index is 11.9. The molecule has 1 amide bonds. The van der Waals surface area contributed by atoms with E-state index in [0.717, 1.165) is 25.7 Å². The predicted molar refractivity (Wildman–Crippen MR) is 60.8 cm³/mol. The van der Waals surface area contributed by atoms with Gasteiger partial charge in [-0.15, -0.1) is 0 Å². The summed E-state index contributed by atoms with van der Waals surface area (Å²) in [6.07, 6.45) is 3.73. The summed E-state index contributed by atoms with van der Waals surface area (Å²) in [6, 6.07) is -1.32. The van der Waals surface area contributed by atoms with Gasteiger partial charge in [-0.2, -0.15) is 0 Å². The van der Waals surface area contributed by atoms with Crippen molar-refractivity contribution in [3.8, 4) is 0 Å². The fraction of sp³-hybridized carbons (Fsp3) is 0.750. The molecule has 3 unspecified atom stereocenters. The van der Waals surface area contributed by atoms with Gasteiger partial charge in [0.05, 0.1) is 6.42 Å². The highest BCUT2D eigenvalue weighted by atomic mass is 16.4. The number of carbonyl (C=O) groups is 3. The minimum atomic E-state index is -1.32. The fourth-order valence-electron chi connectivity index (χ4n) is 3.02. The number of hydrogen-bond donors (Lipinski definition) is 3. The second-order valence-electron chi connectivity index (χ2n) is 5.14. The quantitative estimate of drug-likeness (QED) is 0.662. The standard InChI is InChI=1S/C12H17NO5/c14-9(15)5-8(12(17)18)13-11(16)10-6-3-1-2-4-7(6)10/h6-8,10H,1-5H2,(H,13,16)(H,14,15)(H,17,18). The number of hydrogen-bond acceptors (Lipinski definition) is 3. The molecular weight excluding hydrogens is 238 g/mol. The molecule has 0 aromatic rings. The van der Waals surface area contributed by atoms with E-state index >= 15 is 0 Å². The van der Waals surface area contributed by atoms with E-state index in [1.807, 2.05) is 0 Å². The van der Waals surface area contributed by atoms with E-state index < -0.39 is 24.4 Å². The second-order valence-corrected chi connectivity index (χ2v) is 5.14. The summed E-state index contributed by atoms with van der Waals surface area (Å²) in [6.45, 7) is 0. The Morgan fingerprint density at radius 2 is 1.67 bits per heavy atom. The van der Waals surface area contributed by atoms with Crippen LogP contribution >= 0.6 is 0 Å². The van der Waals surface area contributed by atoms with Gasteiger partial charge in [0, 0.05) is 5.92 Å². The van der Waals surface area contributed by atoms with Crippen LogP contribution in [-0.2, 0) is 14.4 Å². The Morgan fingerprint density at radius 3 is 2.11 bits per heavy atom. The SMILES string of the molecule is O=C(O)CC(NC(=O)C1C2CCCCC21)C(=O)O. The van der Waals surface area contributed by atoms with Crippen LogP contribution in [0.1, 0.15) is 32.1 Å². The Balaban J connectivity index is 1.89. The number of carbonyl (C=O) groups excluding carboxylic acids is 1. The Labute approximate surface area is 104 Å². The summed E-state index contributed by atoms with van der Waals surface area (Å²) in [5, 5.41) is 19.8. The molecule has 0 bridgehead atoms. The molecule has 0 radical (unpaired) electrons. The van der Waals surface area contributed by atoms with Crippen LogP contribution in [0.25, 0.3) is 0 Å². The fourth-order valence-corrected chi connectivity index (χ4v) is 3.02. The molecule has 6 nitrogen and oxygen atoms in total. The average Bonchev–Trinajstić information content (AvgIpc) is 3.01. The zero-order valence-electron chi connectivity index (χ0n) is 9.96. The number of amides is 1. The largest absolute Gasteiger partial charge is 0.481 e. The molecule has 3 N–H and O–H groups in total. The minimum Gasteiger partial charge on any atom is -0.481 e. The first kappa shape index (κ1) is 12.9. The molecule has 18 heavy (non-hydrogen) atoms. The van der Waals surface area contributed by atoms with E-state index in [2.05, 4.69) is 5.32 Å². The molecule has 2 aliphatic rings. The molecule has 100 valence electrons. The summed E-state index contributed by atoms with van der Waals surface area (Å²) < 4.78 is 0. The second kappa shape index (κ2) is 4.96. The number of nitrogens with one attached hydrogen (secondary N) is 1. The van der Waals surface area contributed by atoms with Gasteiger partial charge in [-0.1, -0.05) is 12.8 Å². The molecule has 2 aliphatic carbocycles. The molecule has 6 heteroatoms. The lowest BCUT2D eigenvalue weighted by molar-refractivity contribution is -0.147. The lowest BCUT2D eigenvalue weighted by atomic mass is 10.0. The first-order chi connectivity index (χ1) is 8.50. The molecule has 0 spiro atoms. The van der Waals surface area contributed by atoms with E-state index in [-0.39, 0.29) is 11.8 Å². The molecule has 2 rings (SSSR count). The average molecular weight is 255 g/mol. The number of rotatable bonds is 5. The van der Waals surface area contributed by atoms with Gasteiger partial charge in [0.2, 0.25) is 5.91 Å². The van der Waals surface area contributed by atoms with Crippen molar-refractivity contribution in [2.45, 2.75) is 38.1 Å². The van der Waals surface area contributed by atoms with E-state index in [0.29, 0.717) is 11.8 Å². The van der Waals surface area contributed by atoms with Gasteiger partial charge in [0.15, 0.2) is 0 Å². The van der Waals surface area contributed by atoms with Crippen molar-refractivity contribution in [2.24, 2.45) is 17.8 Å². The normalized spacial score (nSPS) is 31.0. The van der Waals surface area contributed by atoms with Gasteiger partial charge < -0.3 is 15.5 Å². The van der Waals surface area contributed by atoms with Crippen LogP contribution in [0.3, 0.4) is 0 Å². The molecule has 0 heterocycles. The van der Waals surface area contributed by atoms with Gasteiger partial charge in [0.25, 0.3) is 0 Å². The van der Waals surface area contributed by atoms with Gasteiger partial charge >= 0.3 is 11.9 Å². The third-order valence-electron chi connectivity index (χ3n) is 3.95. The van der Waals surface area contributed by atoms with Crippen LogP contribution in [0.15, 0.2) is 0 Å². The summed E-state index contributed by atoms with van der Waals surface area (Å²) in [5.41, 5.74) is 0. The zero-order chi connectivity index (χ0) is 13.3. The monoisotopic (exact) mass is 255 g/mol. The molecule has 0 aliphatic heterocycles. The summed E-state index contributed by atoms with van der Waals surface area (Å²) >= 11 is 0. The molecule has 2 saturated carbocycles. The molecular formula is C12H17NO5. The lowest BCUT2D eigenvalue weighted by Crippen LogP contribution is -2.43. The highest BCUT2D eigenvalue weighted by Crippen LogP contribution is 2.55. The van der Waals surface area contributed by atoms with Crippen molar-refractivity contribution in [1.29, 1.82) is 0 Å². The molecule has 0 aromatic heterocycles. The van der Waals surface area contributed by atoms with Crippen LogP contribution in [0.2, 0.25) is 0 Å². The summed E-state index contributed by atoms with van der Waals surface area (Å²) in [7, 11) is 0. The smallest absolute Gasteiger partial charge is 0.326 e. The van der Waals surface area contributed by atoms with Crippen LogP contribution in [0, 0.1) is 17.8 Å². The lowest BCUT2D eigenvalue weighted by Gasteiger charge is -2.12. The van der Waals surface area contributed by atoms with Crippen molar-refractivity contribution in [3.63, 3.8) is 0 Å². The van der Waals surface area contributed by atoms with Crippen molar-refractivity contribution in [3.05, 3.63) is 0 Å². The van der Waals surface area contributed by atoms with Gasteiger partial charge in [-0.3, -0.25) is 9.59 Å². The third-order valence-corrected chi connectivity index (χ3v) is 3.95. The van der Waals surface area contributed by atoms with Gasteiger partial charge in [0.1, 0.15) is 6.04 Å². The number of carboxylic acids is 2. The van der Waals surface area contributed by atoms with E-state index in [1.165, 1.54) is 0 Å². The number of carboxylic acid groups (broad SMARTS) is 2. The maximum absolute atomic E-state index is 11.9. The highest BCUT2D eigenvalue weighted by Gasteiger charge is 2.55. The summed E-state index contributed by atoms with van der Waals surface area (Å²) in [5.74, 6) is -2.13. The first-order valence-corrected chi connectivity index (χ1v) is 6.25. The van der Waals surface area contributed by atoms with E-state index in [9.17, 15) is 14.4 Å². The number of aliphatic carboxylic acids is 2. The Hall–Kier alpha value is -1.59. The topological polar surface area (TPSA) is 104 Å². The molecule has 0 aromatic carbocycles. The van der Waals surface area contributed by atoms with Gasteiger partial charge in [-0.05, 0) is 24.7 Å².